The number of benzene rings is 2. The molecule has 0 saturated carbocycles. The van der Waals surface area contributed by atoms with E-state index in [2.05, 4.69) is 5.32 Å². The van der Waals surface area contributed by atoms with E-state index >= 15 is 0 Å². The Morgan fingerprint density at radius 2 is 1.75 bits per heavy atom. The van der Waals surface area contributed by atoms with Crippen LogP contribution in [0.25, 0.3) is 0 Å². The highest BCUT2D eigenvalue weighted by Crippen LogP contribution is 2.11. The minimum atomic E-state index is -1.04. The molecule has 0 amide bonds. The maximum atomic E-state index is 12.3. The first-order valence-corrected chi connectivity index (χ1v) is 9.22. The van der Waals surface area contributed by atoms with E-state index in [9.17, 15) is 14.7 Å². The minimum absolute atomic E-state index is 0.197. The number of ether oxygens (including phenoxy) is 1. The monoisotopic (exact) mass is 380 g/mol. The second kappa shape index (κ2) is 10.9. The molecule has 6 nitrogen and oxygen atoms in total. The fraction of sp³-hybridized carbons (Fsp3) is 0.318. The number of carbonyl (C=O) groups excluding carboxylic acids is 1. The summed E-state index contributed by atoms with van der Waals surface area (Å²) in [7, 11) is 0. The Bertz CT molecular complexity index is 813. The van der Waals surface area contributed by atoms with Crippen LogP contribution < -0.4 is 5.32 Å². The molecule has 0 radical (unpaired) electrons. The molecule has 0 bridgehead atoms. The van der Waals surface area contributed by atoms with Crippen LogP contribution >= 0.6 is 0 Å². The largest absolute Gasteiger partial charge is 0.480 e. The maximum absolute atomic E-state index is 12.3. The van der Waals surface area contributed by atoms with E-state index in [0.717, 1.165) is 11.1 Å². The highest BCUT2D eigenvalue weighted by Gasteiger charge is 2.27. The molecule has 0 aromatic heterocycles. The molecule has 6 heteroatoms. The average molecular weight is 380 g/mol. The molecule has 0 fully saturated rings. The number of esters is 1. The van der Waals surface area contributed by atoms with Crippen molar-refractivity contribution in [1.82, 2.24) is 5.32 Å². The molecule has 28 heavy (non-hydrogen) atoms. The van der Waals surface area contributed by atoms with Crippen LogP contribution in [0.15, 0.2) is 54.6 Å². The molecule has 2 aromatic rings. The predicted octanol–water partition coefficient (Wildman–Crippen LogP) is 2.71. The third-order valence-corrected chi connectivity index (χ3v) is 4.36. The van der Waals surface area contributed by atoms with E-state index in [4.69, 9.17) is 10.00 Å². The summed E-state index contributed by atoms with van der Waals surface area (Å²) in [5.41, 5.74) is 2.35. The molecule has 2 aromatic carbocycles. The Labute approximate surface area is 164 Å². The fourth-order valence-electron chi connectivity index (χ4n) is 2.88. The summed E-state index contributed by atoms with van der Waals surface area (Å²) in [6, 6.07) is 16.8. The van der Waals surface area contributed by atoms with Gasteiger partial charge in [0.2, 0.25) is 0 Å². The van der Waals surface area contributed by atoms with Crippen molar-refractivity contribution in [2.24, 2.45) is 0 Å². The van der Waals surface area contributed by atoms with Crippen LogP contribution in [0.1, 0.15) is 30.0 Å². The first-order valence-electron chi connectivity index (χ1n) is 9.22. The lowest BCUT2D eigenvalue weighted by molar-refractivity contribution is -0.147. The zero-order chi connectivity index (χ0) is 20.4. The molecule has 0 aliphatic carbocycles. The van der Waals surface area contributed by atoms with Gasteiger partial charge in [-0.25, -0.2) is 0 Å². The van der Waals surface area contributed by atoms with Crippen molar-refractivity contribution in [2.75, 3.05) is 6.61 Å². The van der Waals surface area contributed by atoms with E-state index in [-0.39, 0.29) is 13.0 Å². The number of carbonyl (C=O) groups is 2. The van der Waals surface area contributed by atoms with Gasteiger partial charge in [0.1, 0.15) is 12.1 Å². The van der Waals surface area contributed by atoms with Gasteiger partial charge < -0.3 is 9.84 Å². The number of rotatable bonds is 10. The summed E-state index contributed by atoms with van der Waals surface area (Å²) in [5.74, 6) is -1.50. The van der Waals surface area contributed by atoms with Gasteiger partial charge in [0.25, 0.3) is 0 Å². The standard InChI is InChI=1S/C22H24N2O4/c1-2-28-22(27)19(13-12-16-6-4-3-5-7-16)24-20(21(25)26)14-17-8-10-18(15-23)11-9-17/h3-11,19-20,24H,2,12-14H2,1H3,(H,25,26)/t19-,20-/m0/s1. The minimum Gasteiger partial charge on any atom is -0.480 e. The van der Waals surface area contributed by atoms with Crippen LogP contribution in [0.5, 0.6) is 0 Å². The highest BCUT2D eigenvalue weighted by molar-refractivity contribution is 5.79. The normalized spacial score (nSPS) is 12.6. The number of aliphatic carboxylic acids is 1. The number of carboxylic acids is 1. The summed E-state index contributed by atoms with van der Waals surface area (Å²) in [6.07, 6.45) is 1.25. The summed E-state index contributed by atoms with van der Waals surface area (Å²) < 4.78 is 5.12. The molecule has 2 N–H and O–H groups in total. The second-order valence-corrected chi connectivity index (χ2v) is 6.40. The van der Waals surface area contributed by atoms with Crippen molar-refractivity contribution >= 4 is 11.9 Å². The Morgan fingerprint density at radius 1 is 1.07 bits per heavy atom. The molecule has 0 aliphatic heterocycles. The Hall–Kier alpha value is -3.17. The molecule has 2 atom stereocenters. The zero-order valence-corrected chi connectivity index (χ0v) is 15.8. The van der Waals surface area contributed by atoms with Crippen LogP contribution in [-0.4, -0.2) is 35.7 Å². The van der Waals surface area contributed by atoms with E-state index in [1.54, 1.807) is 31.2 Å². The fourth-order valence-corrected chi connectivity index (χ4v) is 2.88. The van der Waals surface area contributed by atoms with Gasteiger partial charge in [-0.3, -0.25) is 14.9 Å². The van der Waals surface area contributed by atoms with Crippen molar-refractivity contribution < 1.29 is 19.4 Å². The lowest BCUT2D eigenvalue weighted by Gasteiger charge is -2.22. The first-order chi connectivity index (χ1) is 13.5. The topological polar surface area (TPSA) is 99.4 Å². The summed E-state index contributed by atoms with van der Waals surface area (Å²) in [4.78, 5) is 24.1. The van der Waals surface area contributed by atoms with Crippen LogP contribution in [0, 0.1) is 11.3 Å². The van der Waals surface area contributed by atoms with Crippen LogP contribution in [-0.2, 0) is 27.2 Å². The molecule has 0 saturated heterocycles. The van der Waals surface area contributed by atoms with E-state index in [1.165, 1.54) is 0 Å². The van der Waals surface area contributed by atoms with Gasteiger partial charge in [0, 0.05) is 0 Å². The molecule has 0 aliphatic rings. The van der Waals surface area contributed by atoms with Gasteiger partial charge in [0.05, 0.1) is 18.2 Å². The number of nitrogens with one attached hydrogen (secondary N) is 1. The smallest absolute Gasteiger partial charge is 0.323 e. The van der Waals surface area contributed by atoms with Gasteiger partial charge in [-0.15, -0.1) is 0 Å². The Kier molecular flexibility index (Phi) is 8.19. The summed E-state index contributed by atoms with van der Waals surface area (Å²) >= 11 is 0. The molecular formula is C22H24N2O4. The molecule has 0 heterocycles. The zero-order valence-electron chi connectivity index (χ0n) is 15.8. The Balaban J connectivity index is 2.09. The van der Waals surface area contributed by atoms with Gasteiger partial charge in [-0.1, -0.05) is 42.5 Å². The molecule has 0 unspecified atom stereocenters. The number of aryl methyl sites for hydroxylation is 1. The predicted molar refractivity (Wildman–Crippen MR) is 105 cm³/mol. The van der Waals surface area contributed by atoms with Gasteiger partial charge in [-0.2, -0.15) is 5.26 Å². The molecule has 2 rings (SSSR count). The number of carboxylic acid groups (broad SMARTS) is 1. The van der Waals surface area contributed by atoms with Crippen molar-refractivity contribution in [3.63, 3.8) is 0 Å². The molecule has 146 valence electrons. The second-order valence-electron chi connectivity index (χ2n) is 6.40. The first kappa shape index (κ1) is 21.1. The lowest BCUT2D eigenvalue weighted by Crippen LogP contribution is -2.49. The third kappa shape index (κ3) is 6.53. The van der Waals surface area contributed by atoms with Crippen molar-refractivity contribution in [3.05, 3.63) is 71.3 Å². The van der Waals surface area contributed by atoms with E-state index in [1.807, 2.05) is 36.4 Å². The quantitative estimate of drug-likeness (QED) is 0.615. The SMILES string of the molecule is CCOC(=O)[C@H](CCc1ccccc1)N[C@@H](Cc1ccc(C#N)cc1)C(=O)O. The maximum Gasteiger partial charge on any atom is 0.323 e. The summed E-state index contributed by atoms with van der Waals surface area (Å²) in [6.45, 7) is 1.95. The van der Waals surface area contributed by atoms with E-state index in [0.29, 0.717) is 18.4 Å². The van der Waals surface area contributed by atoms with Crippen LogP contribution in [0.4, 0.5) is 0 Å². The Morgan fingerprint density at radius 3 is 2.32 bits per heavy atom. The number of nitriles is 1. The van der Waals surface area contributed by atoms with Crippen LogP contribution in [0.3, 0.4) is 0 Å². The van der Waals surface area contributed by atoms with Crippen molar-refractivity contribution in [1.29, 1.82) is 5.26 Å². The number of hydrogen-bond acceptors (Lipinski definition) is 5. The van der Waals surface area contributed by atoms with Crippen LogP contribution in [0.2, 0.25) is 0 Å². The van der Waals surface area contributed by atoms with Gasteiger partial charge in [0.15, 0.2) is 0 Å². The van der Waals surface area contributed by atoms with Crippen molar-refractivity contribution in [3.8, 4) is 6.07 Å². The summed E-state index contributed by atoms with van der Waals surface area (Å²) in [5, 5.41) is 21.4. The highest BCUT2D eigenvalue weighted by atomic mass is 16.5. The molecule has 0 spiro atoms. The average Bonchev–Trinajstić information content (AvgIpc) is 2.71. The number of nitrogens with zero attached hydrogens (tertiary/aromatic N) is 1. The van der Waals surface area contributed by atoms with Gasteiger partial charge >= 0.3 is 11.9 Å². The van der Waals surface area contributed by atoms with E-state index < -0.39 is 24.0 Å². The third-order valence-electron chi connectivity index (χ3n) is 4.36. The van der Waals surface area contributed by atoms with Crippen molar-refractivity contribution in [2.45, 2.75) is 38.3 Å². The number of hydrogen-bond donors (Lipinski definition) is 2. The molecular weight excluding hydrogens is 356 g/mol. The lowest BCUT2D eigenvalue weighted by atomic mass is 10.0. The van der Waals surface area contributed by atoms with Gasteiger partial charge in [-0.05, 0) is 49.4 Å².